The van der Waals surface area contributed by atoms with E-state index in [-0.39, 0.29) is 11.9 Å². The first kappa shape index (κ1) is 13.9. The number of aromatic nitrogens is 4. The molecule has 2 heterocycles. The summed E-state index contributed by atoms with van der Waals surface area (Å²) in [5.74, 6) is 1.52. The fourth-order valence-electron chi connectivity index (χ4n) is 1.67. The minimum absolute atomic E-state index is 0.0667. The molecule has 0 spiro atoms. The van der Waals surface area contributed by atoms with E-state index in [1.807, 2.05) is 50.3 Å². The van der Waals surface area contributed by atoms with Gasteiger partial charge in [0.15, 0.2) is 5.82 Å². The minimum atomic E-state index is 0.0667. The second-order valence-corrected chi connectivity index (χ2v) is 4.31. The molecule has 0 amide bonds. The van der Waals surface area contributed by atoms with Crippen LogP contribution in [0.25, 0.3) is 11.4 Å². The van der Waals surface area contributed by atoms with Crippen LogP contribution in [-0.2, 0) is 0 Å². The fraction of sp³-hybridized carbons (Fsp3) is 0.200. The Hall–Kier alpha value is -2.56. The summed E-state index contributed by atoms with van der Waals surface area (Å²) in [5, 5.41) is 0. The molecule has 102 valence electrons. The van der Waals surface area contributed by atoms with Crippen LogP contribution in [0.4, 0.5) is 5.95 Å². The van der Waals surface area contributed by atoms with Crippen LogP contribution in [-0.4, -0.2) is 19.9 Å². The fourth-order valence-corrected chi connectivity index (χ4v) is 1.67. The van der Waals surface area contributed by atoms with Crippen molar-refractivity contribution in [2.75, 3.05) is 5.73 Å². The van der Waals surface area contributed by atoms with Gasteiger partial charge in [0.05, 0.1) is 0 Å². The zero-order valence-electron chi connectivity index (χ0n) is 11.6. The smallest absolute Gasteiger partial charge is 0.223 e. The van der Waals surface area contributed by atoms with Gasteiger partial charge in [-0.25, -0.2) is 4.98 Å². The largest absolute Gasteiger partial charge is 0.368 e. The molecule has 0 aromatic carbocycles. The molecule has 2 rings (SSSR count). The second kappa shape index (κ2) is 6.56. The van der Waals surface area contributed by atoms with E-state index in [0.717, 1.165) is 5.56 Å². The topological polar surface area (TPSA) is 77.6 Å². The van der Waals surface area contributed by atoms with Crippen molar-refractivity contribution in [2.45, 2.75) is 19.8 Å². The molecule has 1 unspecified atom stereocenters. The molecule has 1 atom stereocenters. The van der Waals surface area contributed by atoms with Crippen LogP contribution in [0.2, 0.25) is 0 Å². The normalized spacial score (nSPS) is 13.1. The third kappa shape index (κ3) is 3.47. The SMILES string of the molecule is C/C=C\C=C/C(C)c1nc(N)nc(-c2ccncc2)n1. The highest BCUT2D eigenvalue weighted by Crippen LogP contribution is 2.18. The zero-order valence-corrected chi connectivity index (χ0v) is 11.6. The van der Waals surface area contributed by atoms with Gasteiger partial charge in [-0.15, -0.1) is 0 Å². The minimum Gasteiger partial charge on any atom is -0.368 e. The van der Waals surface area contributed by atoms with Crippen LogP contribution >= 0.6 is 0 Å². The Morgan fingerprint density at radius 2 is 1.85 bits per heavy atom. The predicted octanol–water partition coefficient (Wildman–Crippen LogP) is 2.75. The van der Waals surface area contributed by atoms with E-state index in [1.165, 1.54) is 0 Å². The number of hydrogen-bond acceptors (Lipinski definition) is 5. The zero-order chi connectivity index (χ0) is 14.4. The summed E-state index contributed by atoms with van der Waals surface area (Å²) in [6.45, 7) is 3.99. The highest BCUT2D eigenvalue weighted by atomic mass is 15.1. The first-order chi connectivity index (χ1) is 9.70. The van der Waals surface area contributed by atoms with E-state index in [4.69, 9.17) is 5.73 Å². The van der Waals surface area contributed by atoms with Crippen LogP contribution in [0.15, 0.2) is 48.8 Å². The highest BCUT2D eigenvalue weighted by molar-refractivity contribution is 5.54. The number of hydrogen-bond donors (Lipinski definition) is 1. The van der Waals surface area contributed by atoms with Gasteiger partial charge in [-0.05, 0) is 19.1 Å². The van der Waals surface area contributed by atoms with Gasteiger partial charge in [-0.1, -0.05) is 31.2 Å². The number of rotatable bonds is 4. The van der Waals surface area contributed by atoms with Gasteiger partial charge < -0.3 is 5.73 Å². The molecular formula is C15H17N5. The maximum absolute atomic E-state index is 5.77. The average Bonchev–Trinajstić information content (AvgIpc) is 2.47. The molecule has 5 nitrogen and oxygen atoms in total. The Labute approximate surface area is 118 Å². The molecule has 20 heavy (non-hydrogen) atoms. The maximum Gasteiger partial charge on any atom is 0.223 e. The van der Waals surface area contributed by atoms with Crippen LogP contribution in [0, 0.1) is 0 Å². The lowest BCUT2D eigenvalue weighted by atomic mass is 10.1. The van der Waals surface area contributed by atoms with Crippen molar-refractivity contribution in [3.8, 4) is 11.4 Å². The number of nitrogens with zero attached hydrogens (tertiary/aromatic N) is 4. The predicted molar refractivity (Wildman–Crippen MR) is 79.8 cm³/mol. The molecule has 0 aliphatic heterocycles. The van der Waals surface area contributed by atoms with E-state index in [2.05, 4.69) is 19.9 Å². The van der Waals surface area contributed by atoms with Gasteiger partial charge in [0, 0.05) is 23.9 Å². The van der Waals surface area contributed by atoms with Crippen molar-refractivity contribution in [1.82, 2.24) is 19.9 Å². The van der Waals surface area contributed by atoms with Crippen molar-refractivity contribution < 1.29 is 0 Å². The van der Waals surface area contributed by atoms with Gasteiger partial charge in [-0.3, -0.25) is 4.98 Å². The summed E-state index contributed by atoms with van der Waals surface area (Å²) >= 11 is 0. The first-order valence-electron chi connectivity index (χ1n) is 6.42. The van der Waals surface area contributed by atoms with Gasteiger partial charge in [-0.2, -0.15) is 9.97 Å². The van der Waals surface area contributed by atoms with Crippen molar-refractivity contribution in [3.05, 3.63) is 54.7 Å². The summed E-state index contributed by atoms with van der Waals surface area (Å²) in [7, 11) is 0. The lowest BCUT2D eigenvalue weighted by molar-refractivity contribution is 0.830. The van der Waals surface area contributed by atoms with E-state index in [1.54, 1.807) is 12.4 Å². The molecule has 0 aliphatic rings. The van der Waals surface area contributed by atoms with Crippen molar-refractivity contribution in [2.24, 2.45) is 0 Å². The maximum atomic E-state index is 5.77. The molecule has 0 bridgehead atoms. The second-order valence-electron chi connectivity index (χ2n) is 4.31. The number of nitrogen functional groups attached to an aromatic ring is 1. The van der Waals surface area contributed by atoms with Crippen LogP contribution in [0.1, 0.15) is 25.6 Å². The highest BCUT2D eigenvalue weighted by Gasteiger charge is 2.10. The standard InChI is InChI=1S/C15H17N5/c1-3-4-5-6-11(2)13-18-14(20-15(16)19-13)12-7-9-17-10-8-12/h3-11H,1-2H3,(H2,16,18,19,20)/b4-3-,6-5-. The quantitative estimate of drug-likeness (QED) is 0.862. The molecule has 0 fully saturated rings. The van der Waals surface area contributed by atoms with Gasteiger partial charge >= 0.3 is 0 Å². The lowest BCUT2D eigenvalue weighted by Crippen LogP contribution is -2.06. The summed E-state index contributed by atoms with van der Waals surface area (Å²) in [4.78, 5) is 16.8. The molecule has 2 aromatic heterocycles. The van der Waals surface area contributed by atoms with Gasteiger partial charge in [0.2, 0.25) is 5.95 Å². The van der Waals surface area contributed by atoms with E-state index in [0.29, 0.717) is 11.6 Å². The Morgan fingerprint density at radius 3 is 2.55 bits per heavy atom. The van der Waals surface area contributed by atoms with Crippen molar-refractivity contribution in [3.63, 3.8) is 0 Å². The van der Waals surface area contributed by atoms with Crippen molar-refractivity contribution in [1.29, 1.82) is 0 Å². The number of pyridine rings is 1. The Morgan fingerprint density at radius 1 is 1.10 bits per heavy atom. The Kier molecular flexibility index (Phi) is 4.55. The molecule has 0 saturated carbocycles. The number of nitrogens with two attached hydrogens (primary N) is 1. The van der Waals surface area contributed by atoms with E-state index >= 15 is 0 Å². The molecule has 0 aliphatic carbocycles. The summed E-state index contributed by atoms with van der Waals surface area (Å²) in [6, 6.07) is 3.69. The first-order valence-corrected chi connectivity index (χ1v) is 6.42. The van der Waals surface area contributed by atoms with Crippen molar-refractivity contribution >= 4 is 5.95 Å². The molecule has 5 heteroatoms. The van der Waals surface area contributed by atoms with E-state index in [9.17, 15) is 0 Å². The average molecular weight is 267 g/mol. The number of allylic oxidation sites excluding steroid dienone is 4. The third-order valence-electron chi connectivity index (χ3n) is 2.72. The summed E-state index contributed by atoms with van der Waals surface area (Å²) in [5.41, 5.74) is 6.65. The Bertz CT molecular complexity index is 619. The molecule has 0 saturated heterocycles. The molecule has 2 aromatic rings. The van der Waals surface area contributed by atoms with Crippen LogP contribution in [0.5, 0.6) is 0 Å². The van der Waals surface area contributed by atoms with Gasteiger partial charge in [0.25, 0.3) is 0 Å². The third-order valence-corrected chi connectivity index (χ3v) is 2.72. The molecule has 0 radical (unpaired) electrons. The van der Waals surface area contributed by atoms with Crippen LogP contribution < -0.4 is 5.73 Å². The summed E-state index contributed by atoms with van der Waals surface area (Å²) < 4.78 is 0. The monoisotopic (exact) mass is 267 g/mol. The van der Waals surface area contributed by atoms with Gasteiger partial charge in [0.1, 0.15) is 5.82 Å². The van der Waals surface area contributed by atoms with E-state index < -0.39 is 0 Å². The Balaban J connectivity index is 2.34. The molecular weight excluding hydrogens is 250 g/mol. The summed E-state index contributed by atoms with van der Waals surface area (Å²) in [6.07, 6.45) is 11.3. The number of anilines is 1. The lowest BCUT2D eigenvalue weighted by Gasteiger charge is -2.07. The molecule has 2 N–H and O–H groups in total. The van der Waals surface area contributed by atoms with Crippen LogP contribution in [0.3, 0.4) is 0 Å².